The van der Waals surface area contributed by atoms with Crippen molar-refractivity contribution >= 4 is 35.2 Å². The topological polar surface area (TPSA) is 40.6 Å². The van der Waals surface area contributed by atoms with Crippen molar-refractivity contribution in [1.29, 1.82) is 0 Å². The molecule has 7 heteroatoms. The van der Waals surface area contributed by atoms with E-state index in [9.17, 15) is 14.0 Å². The van der Waals surface area contributed by atoms with Gasteiger partial charge in [0.1, 0.15) is 5.82 Å². The van der Waals surface area contributed by atoms with Gasteiger partial charge in [0.25, 0.3) is 11.8 Å². The number of halogens is 2. The van der Waals surface area contributed by atoms with Crippen LogP contribution < -0.4 is 0 Å². The molecule has 0 N–H and O–H groups in total. The molecule has 2 saturated heterocycles. The molecule has 0 saturated carbocycles. The number of rotatable bonds is 2. The van der Waals surface area contributed by atoms with Gasteiger partial charge in [-0.1, -0.05) is 29.8 Å². The largest absolute Gasteiger partial charge is 0.338 e. The number of nitrogens with zero attached hydrogens (tertiary/aromatic N) is 2. The van der Waals surface area contributed by atoms with Crippen molar-refractivity contribution in [1.82, 2.24) is 9.80 Å². The standard InChI is InChI=1S/C21H20ClFN2O2S/c22-18-7-2-1-6-17(18)20(27)25-12-13-28-21(25)8-10-24(11-9-21)19(26)15-4-3-5-16(23)14-15/h1-7,14H,8-13H2. The van der Waals surface area contributed by atoms with Crippen LogP contribution in [0.1, 0.15) is 33.6 Å². The maximum absolute atomic E-state index is 13.4. The summed E-state index contributed by atoms with van der Waals surface area (Å²) in [5.41, 5.74) is 0.878. The van der Waals surface area contributed by atoms with Crippen LogP contribution in [0.3, 0.4) is 0 Å². The zero-order chi connectivity index (χ0) is 19.7. The summed E-state index contributed by atoms with van der Waals surface area (Å²) in [7, 11) is 0. The van der Waals surface area contributed by atoms with E-state index < -0.39 is 5.82 Å². The van der Waals surface area contributed by atoms with E-state index in [0.717, 1.165) is 5.75 Å². The molecule has 2 aliphatic heterocycles. The molecule has 28 heavy (non-hydrogen) atoms. The number of likely N-dealkylation sites (tertiary alicyclic amines) is 1. The lowest BCUT2D eigenvalue weighted by Gasteiger charge is -2.44. The summed E-state index contributed by atoms with van der Waals surface area (Å²) < 4.78 is 13.4. The maximum atomic E-state index is 13.4. The van der Waals surface area contributed by atoms with Crippen molar-refractivity contribution in [2.24, 2.45) is 0 Å². The summed E-state index contributed by atoms with van der Waals surface area (Å²) >= 11 is 8.01. The normalized spacial score (nSPS) is 18.5. The second-order valence-electron chi connectivity index (χ2n) is 7.03. The van der Waals surface area contributed by atoms with Crippen LogP contribution in [0.25, 0.3) is 0 Å². The molecule has 2 heterocycles. The highest BCUT2D eigenvalue weighted by Crippen LogP contribution is 2.45. The first-order valence-electron chi connectivity index (χ1n) is 9.25. The van der Waals surface area contributed by atoms with Gasteiger partial charge in [-0.3, -0.25) is 9.59 Å². The van der Waals surface area contributed by atoms with Crippen LogP contribution in [-0.2, 0) is 0 Å². The predicted molar refractivity (Wildman–Crippen MR) is 109 cm³/mol. The molecule has 4 rings (SSSR count). The molecule has 146 valence electrons. The Balaban J connectivity index is 1.49. The van der Waals surface area contributed by atoms with Gasteiger partial charge in [-0.05, 0) is 43.2 Å². The van der Waals surface area contributed by atoms with E-state index in [1.807, 2.05) is 17.0 Å². The zero-order valence-electron chi connectivity index (χ0n) is 15.2. The van der Waals surface area contributed by atoms with E-state index in [0.29, 0.717) is 48.6 Å². The van der Waals surface area contributed by atoms with Gasteiger partial charge >= 0.3 is 0 Å². The molecule has 0 aromatic heterocycles. The molecule has 0 radical (unpaired) electrons. The van der Waals surface area contributed by atoms with Gasteiger partial charge in [-0.15, -0.1) is 11.8 Å². The van der Waals surface area contributed by atoms with Crippen LogP contribution in [0.15, 0.2) is 48.5 Å². The Morgan fingerprint density at radius 1 is 1.00 bits per heavy atom. The van der Waals surface area contributed by atoms with Crippen LogP contribution in [0.2, 0.25) is 5.02 Å². The molecule has 2 aromatic carbocycles. The molecule has 0 aliphatic carbocycles. The van der Waals surface area contributed by atoms with Crippen LogP contribution in [0, 0.1) is 5.82 Å². The molecule has 4 nitrogen and oxygen atoms in total. The molecule has 2 amide bonds. The number of hydrogen-bond acceptors (Lipinski definition) is 3. The third-order valence-electron chi connectivity index (χ3n) is 5.43. The molecular formula is C21H20ClFN2O2S. The molecule has 1 spiro atoms. The Kier molecular flexibility index (Phi) is 5.34. The summed E-state index contributed by atoms with van der Waals surface area (Å²) in [5.74, 6) is 0.234. The molecule has 2 fully saturated rings. The Morgan fingerprint density at radius 3 is 2.46 bits per heavy atom. The summed E-state index contributed by atoms with van der Waals surface area (Å²) in [6.07, 6.45) is 1.38. The number of carbonyl (C=O) groups is 2. The quantitative estimate of drug-likeness (QED) is 0.730. The lowest BCUT2D eigenvalue weighted by molar-refractivity contribution is 0.0497. The first-order valence-corrected chi connectivity index (χ1v) is 10.6. The maximum Gasteiger partial charge on any atom is 0.256 e. The average molecular weight is 419 g/mol. The lowest BCUT2D eigenvalue weighted by atomic mass is 10.00. The average Bonchev–Trinajstić information content (AvgIpc) is 3.11. The first-order chi connectivity index (χ1) is 13.5. The van der Waals surface area contributed by atoms with E-state index in [4.69, 9.17) is 11.6 Å². The number of piperidine rings is 1. The van der Waals surface area contributed by atoms with Gasteiger partial charge in [-0.25, -0.2) is 4.39 Å². The van der Waals surface area contributed by atoms with Crippen LogP contribution in [-0.4, -0.2) is 51.9 Å². The van der Waals surface area contributed by atoms with Gasteiger partial charge in [0.05, 0.1) is 15.5 Å². The minimum atomic E-state index is -0.415. The van der Waals surface area contributed by atoms with Gasteiger partial charge < -0.3 is 9.80 Å². The number of thioether (sulfide) groups is 1. The Bertz CT molecular complexity index is 915. The Morgan fingerprint density at radius 2 is 1.75 bits per heavy atom. The minimum absolute atomic E-state index is 0.0551. The highest BCUT2D eigenvalue weighted by atomic mass is 35.5. The fourth-order valence-corrected chi connectivity index (χ4v) is 5.62. The summed E-state index contributed by atoms with van der Waals surface area (Å²) in [5, 5.41) is 0.457. The van der Waals surface area contributed by atoms with Gasteiger partial charge in [-0.2, -0.15) is 0 Å². The van der Waals surface area contributed by atoms with E-state index in [1.165, 1.54) is 12.1 Å². The highest BCUT2D eigenvalue weighted by Gasteiger charge is 2.47. The van der Waals surface area contributed by atoms with Gasteiger partial charge in [0.15, 0.2) is 0 Å². The van der Waals surface area contributed by atoms with Gasteiger partial charge in [0.2, 0.25) is 0 Å². The predicted octanol–water partition coefficient (Wildman–Crippen LogP) is 4.30. The fourth-order valence-electron chi connectivity index (χ4n) is 3.95. The lowest BCUT2D eigenvalue weighted by Crippen LogP contribution is -2.53. The van der Waals surface area contributed by atoms with E-state index >= 15 is 0 Å². The number of carbonyl (C=O) groups excluding carboxylic acids is 2. The number of amides is 2. The molecule has 2 aromatic rings. The third kappa shape index (κ3) is 3.51. The van der Waals surface area contributed by atoms with Crippen molar-refractivity contribution in [3.05, 3.63) is 70.5 Å². The summed E-state index contributed by atoms with van der Waals surface area (Å²) in [6, 6.07) is 12.9. The summed E-state index contributed by atoms with van der Waals surface area (Å²) in [4.78, 5) is 29.2. The monoisotopic (exact) mass is 418 g/mol. The number of benzene rings is 2. The second-order valence-corrected chi connectivity index (χ2v) is 8.90. The minimum Gasteiger partial charge on any atom is -0.338 e. The van der Waals surface area contributed by atoms with Crippen molar-refractivity contribution < 1.29 is 14.0 Å². The van der Waals surface area contributed by atoms with Crippen molar-refractivity contribution in [3.63, 3.8) is 0 Å². The van der Waals surface area contributed by atoms with Crippen LogP contribution in [0.5, 0.6) is 0 Å². The first kappa shape index (κ1) is 19.3. The van der Waals surface area contributed by atoms with Crippen LogP contribution >= 0.6 is 23.4 Å². The summed E-state index contributed by atoms with van der Waals surface area (Å²) in [6.45, 7) is 1.75. The fraction of sp³-hybridized carbons (Fsp3) is 0.333. The SMILES string of the molecule is O=C(c1cccc(F)c1)N1CCC2(CC1)SCCN2C(=O)c1ccccc1Cl. The van der Waals surface area contributed by atoms with E-state index in [-0.39, 0.29) is 16.7 Å². The Hall–Kier alpha value is -2.05. The van der Waals surface area contributed by atoms with Crippen LogP contribution in [0.4, 0.5) is 4.39 Å². The van der Waals surface area contributed by atoms with E-state index in [1.54, 1.807) is 40.9 Å². The highest BCUT2D eigenvalue weighted by molar-refractivity contribution is 8.00. The zero-order valence-corrected chi connectivity index (χ0v) is 16.8. The molecular weight excluding hydrogens is 399 g/mol. The number of hydrogen-bond donors (Lipinski definition) is 0. The van der Waals surface area contributed by atoms with Gasteiger partial charge in [0, 0.05) is 31.0 Å². The smallest absolute Gasteiger partial charge is 0.256 e. The molecule has 2 aliphatic rings. The van der Waals surface area contributed by atoms with E-state index in [2.05, 4.69) is 0 Å². The van der Waals surface area contributed by atoms with Crippen molar-refractivity contribution in [2.45, 2.75) is 17.7 Å². The molecule has 0 atom stereocenters. The molecule has 0 unspecified atom stereocenters. The second kappa shape index (κ2) is 7.76. The third-order valence-corrected chi connectivity index (χ3v) is 7.31. The Labute approximate surface area is 172 Å². The molecule has 0 bridgehead atoms. The van der Waals surface area contributed by atoms with Crippen molar-refractivity contribution in [2.75, 3.05) is 25.4 Å². The van der Waals surface area contributed by atoms with Crippen molar-refractivity contribution in [3.8, 4) is 0 Å².